The van der Waals surface area contributed by atoms with Crippen LogP contribution in [0.25, 0.3) is 0 Å². The molecule has 3 heterocycles. The van der Waals surface area contributed by atoms with Crippen LogP contribution in [0.1, 0.15) is 27.7 Å². The number of aryl methyl sites for hydroxylation is 2. The molecule has 3 rings (SSSR count). The molecule has 0 aliphatic carbocycles. The molecule has 0 N–H and O–H groups in total. The molecule has 1 aliphatic heterocycles. The molecule has 1 aliphatic rings. The molecule has 24 heavy (non-hydrogen) atoms. The second-order valence-corrected chi connectivity index (χ2v) is 6.04. The molecule has 2 aromatic heterocycles. The van der Waals surface area contributed by atoms with E-state index in [2.05, 4.69) is 19.9 Å². The summed E-state index contributed by atoms with van der Waals surface area (Å²) in [4.78, 5) is 31.2. The molecule has 2 aromatic rings. The maximum absolute atomic E-state index is 12.7. The number of carbonyl (C=O) groups is 1. The number of aromatic nitrogens is 4. The number of hydrogen-bond acceptors (Lipinski definition) is 6. The first-order valence-electron chi connectivity index (χ1n) is 8.06. The van der Waals surface area contributed by atoms with E-state index in [-0.39, 0.29) is 11.8 Å². The van der Waals surface area contributed by atoms with Crippen molar-refractivity contribution in [2.24, 2.45) is 5.92 Å². The standard InChI is InChI=1S/C17H21N5O2/c1-12-7-15(20-11-19-12)8-14-9-22(5-6-24-10-14)17(23)16-3-4-18-13(2)21-16/h3-4,7,11,14H,5-6,8-10H2,1-2H3/t14-/m1/s1. The van der Waals surface area contributed by atoms with E-state index in [1.165, 1.54) is 0 Å². The van der Waals surface area contributed by atoms with Crippen molar-refractivity contribution in [1.82, 2.24) is 24.8 Å². The predicted molar refractivity (Wildman–Crippen MR) is 87.5 cm³/mol. The van der Waals surface area contributed by atoms with Crippen molar-refractivity contribution < 1.29 is 9.53 Å². The van der Waals surface area contributed by atoms with Crippen LogP contribution < -0.4 is 0 Å². The first kappa shape index (κ1) is 16.4. The van der Waals surface area contributed by atoms with Gasteiger partial charge < -0.3 is 9.64 Å². The van der Waals surface area contributed by atoms with Crippen molar-refractivity contribution in [3.8, 4) is 0 Å². The van der Waals surface area contributed by atoms with Gasteiger partial charge in [0.25, 0.3) is 5.91 Å². The first-order valence-corrected chi connectivity index (χ1v) is 8.06. The maximum Gasteiger partial charge on any atom is 0.272 e. The van der Waals surface area contributed by atoms with Crippen molar-refractivity contribution >= 4 is 5.91 Å². The zero-order valence-corrected chi connectivity index (χ0v) is 14.0. The van der Waals surface area contributed by atoms with E-state index >= 15 is 0 Å². The van der Waals surface area contributed by atoms with E-state index < -0.39 is 0 Å². The topological polar surface area (TPSA) is 81.1 Å². The summed E-state index contributed by atoms with van der Waals surface area (Å²) in [6.07, 6.45) is 3.95. The Labute approximate surface area is 141 Å². The average molecular weight is 327 g/mol. The van der Waals surface area contributed by atoms with Crippen LogP contribution in [0.15, 0.2) is 24.7 Å². The molecule has 7 nitrogen and oxygen atoms in total. The quantitative estimate of drug-likeness (QED) is 0.843. The van der Waals surface area contributed by atoms with Crippen molar-refractivity contribution in [3.05, 3.63) is 47.6 Å². The molecule has 1 saturated heterocycles. The minimum atomic E-state index is -0.0742. The van der Waals surface area contributed by atoms with Crippen molar-refractivity contribution in [3.63, 3.8) is 0 Å². The third-order valence-corrected chi connectivity index (χ3v) is 3.98. The Morgan fingerprint density at radius 3 is 3.00 bits per heavy atom. The van der Waals surface area contributed by atoms with Crippen LogP contribution in [0.5, 0.6) is 0 Å². The summed E-state index contributed by atoms with van der Waals surface area (Å²) in [6.45, 7) is 6.08. The van der Waals surface area contributed by atoms with Crippen LogP contribution in [-0.4, -0.2) is 57.0 Å². The van der Waals surface area contributed by atoms with E-state index in [0.29, 0.717) is 37.8 Å². The Bertz CT molecular complexity index is 722. The molecule has 0 spiro atoms. The molecule has 126 valence electrons. The fourth-order valence-corrected chi connectivity index (χ4v) is 2.84. The number of amides is 1. The number of ether oxygens (including phenoxy) is 1. The second-order valence-electron chi connectivity index (χ2n) is 6.04. The minimum absolute atomic E-state index is 0.0742. The number of carbonyl (C=O) groups excluding carboxylic acids is 1. The van der Waals surface area contributed by atoms with Gasteiger partial charge in [-0.1, -0.05) is 0 Å². The highest BCUT2D eigenvalue weighted by atomic mass is 16.5. The van der Waals surface area contributed by atoms with Gasteiger partial charge in [0, 0.05) is 36.6 Å². The lowest BCUT2D eigenvalue weighted by Gasteiger charge is -2.23. The lowest BCUT2D eigenvalue weighted by atomic mass is 10.0. The van der Waals surface area contributed by atoms with Crippen LogP contribution >= 0.6 is 0 Å². The van der Waals surface area contributed by atoms with E-state index in [1.807, 2.05) is 17.9 Å². The molecule has 7 heteroatoms. The van der Waals surface area contributed by atoms with E-state index in [0.717, 1.165) is 17.8 Å². The molecule has 1 amide bonds. The Hall–Kier alpha value is -2.41. The number of nitrogens with zero attached hydrogens (tertiary/aromatic N) is 5. The number of hydrogen-bond donors (Lipinski definition) is 0. The number of rotatable bonds is 3. The summed E-state index contributed by atoms with van der Waals surface area (Å²) in [6, 6.07) is 3.63. The largest absolute Gasteiger partial charge is 0.379 e. The third kappa shape index (κ3) is 4.11. The van der Waals surface area contributed by atoms with Gasteiger partial charge in [0.15, 0.2) is 0 Å². The maximum atomic E-state index is 12.7. The van der Waals surface area contributed by atoms with Crippen LogP contribution in [0.4, 0.5) is 0 Å². The molecule has 0 unspecified atom stereocenters. The van der Waals surface area contributed by atoms with Gasteiger partial charge in [-0.2, -0.15) is 0 Å². The van der Waals surface area contributed by atoms with E-state index in [1.54, 1.807) is 25.5 Å². The minimum Gasteiger partial charge on any atom is -0.379 e. The molecule has 0 saturated carbocycles. The molecule has 1 atom stereocenters. The lowest BCUT2D eigenvalue weighted by molar-refractivity contribution is 0.0731. The summed E-state index contributed by atoms with van der Waals surface area (Å²) < 4.78 is 5.68. The Morgan fingerprint density at radius 2 is 2.21 bits per heavy atom. The van der Waals surface area contributed by atoms with Crippen LogP contribution in [0.3, 0.4) is 0 Å². The van der Waals surface area contributed by atoms with Gasteiger partial charge in [-0.15, -0.1) is 0 Å². The molecule has 0 radical (unpaired) electrons. The van der Waals surface area contributed by atoms with Crippen LogP contribution in [-0.2, 0) is 11.2 Å². The summed E-state index contributed by atoms with van der Waals surface area (Å²) in [7, 11) is 0. The predicted octanol–water partition coefficient (Wildman–Crippen LogP) is 1.21. The first-order chi connectivity index (χ1) is 11.6. The monoisotopic (exact) mass is 327 g/mol. The summed E-state index contributed by atoms with van der Waals surface area (Å²) in [5, 5.41) is 0. The van der Waals surface area contributed by atoms with E-state index in [9.17, 15) is 4.79 Å². The zero-order chi connectivity index (χ0) is 16.9. The van der Waals surface area contributed by atoms with Crippen LogP contribution in [0.2, 0.25) is 0 Å². The SMILES string of the molecule is Cc1cc(C[C@H]2COCCN(C(=O)c3ccnc(C)n3)C2)ncn1. The zero-order valence-electron chi connectivity index (χ0n) is 14.0. The van der Waals surface area contributed by atoms with Crippen molar-refractivity contribution in [1.29, 1.82) is 0 Å². The fourth-order valence-electron chi connectivity index (χ4n) is 2.84. The Kier molecular flexibility index (Phi) is 5.10. The summed E-state index contributed by atoms with van der Waals surface area (Å²) >= 11 is 0. The second kappa shape index (κ2) is 7.44. The average Bonchev–Trinajstić information content (AvgIpc) is 2.80. The third-order valence-electron chi connectivity index (χ3n) is 3.98. The molecular formula is C17H21N5O2. The van der Waals surface area contributed by atoms with Gasteiger partial charge in [-0.05, 0) is 32.4 Å². The van der Waals surface area contributed by atoms with Gasteiger partial charge in [-0.3, -0.25) is 4.79 Å². The Morgan fingerprint density at radius 1 is 1.33 bits per heavy atom. The fraction of sp³-hybridized carbons (Fsp3) is 0.471. The van der Waals surface area contributed by atoms with E-state index in [4.69, 9.17) is 4.74 Å². The molecule has 0 bridgehead atoms. The highest BCUT2D eigenvalue weighted by Gasteiger charge is 2.24. The lowest BCUT2D eigenvalue weighted by Crippen LogP contribution is -2.37. The van der Waals surface area contributed by atoms with Gasteiger partial charge in [0.1, 0.15) is 17.8 Å². The van der Waals surface area contributed by atoms with Gasteiger partial charge in [0.2, 0.25) is 0 Å². The molecule has 0 aromatic carbocycles. The summed E-state index contributed by atoms with van der Waals surface area (Å²) in [5.41, 5.74) is 2.35. The molecular weight excluding hydrogens is 306 g/mol. The van der Waals surface area contributed by atoms with Gasteiger partial charge >= 0.3 is 0 Å². The Balaban J connectivity index is 1.71. The molecule has 1 fully saturated rings. The van der Waals surface area contributed by atoms with Crippen molar-refractivity contribution in [2.45, 2.75) is 20.3 Å². The van der Waals surface area contributed by atoms with Crippen molar-refractivity contribution in [2.75, 3.05) is 26.3 Å². The smallest absolute Gasteiger partial charge is 0.272 e. The van der Waals surface area contributed by atoms with Crippen LogP contribution in [0, 0.1) is 19.8 Å². The normalized spacial score (nSPS) is 18.2. The summed E-state index contributed by atoms with van der Waals surface area (Å²) in [5.74, 6) is 0.725. The highest BCUT2D eigenvalue weighted by Crippen LogP contribution is 2.15. The van der Waals surface area contributed by atoms with Gasteiger partial charge in [-0.25, -0.2) is 19.9 Å². The van der Waals surface area contributed by atoms with Gasteiger partial charge in [0.05, 0.1) is 13.2 Å². The highest BCUT2D eigenvalue weighted by molar-refractivity contribution is 5.92.